The maximum Gasteiger partial charge on any atom is 0.416 e. The summed E-state index contributed by atoms with van der Waals surface area (Å²) < 4.78 is 43.8. The number of nitrogens with one attached hydrogen (secondary N) is 1. The number of anilines is 1. The number of alkyl halides is 3. The smallest absolute Gasteiger partial charge is 0.416 e. The summed E-state index contributed by atoms with van der Waals surface area (Å²) in [4.78, 5) is 28.4. The van der Waals surface area contributed by atoms with Crippen molar-refractivity contribution >= 4 is 29.1 Å². The lowest BCUT2D eigenvalue weighted by Crippen LogP contribution is -2.34. The number of rotatable bonds is 6. The van der Waals surface area contributed by atoms with E-state index in [4.69, 9.17) is 21.4 Å². The van der Waals surface area contributed by atoms with Gasteiger partial charge in [0.05, 0.1) is 18.7 Å². The molecule has 0 bridgehead atoms. The molecule has 1 aromatic heterocycles. The minimum atomic E-state index is -4.60. The Hall–Kier alpha value is -3.11. The lowest BCUT2D eigenvalue weighted by atomic mass is 10.2. The lowest BCUT2D eigenvalue weighted by molar-refractivity contribution is -0.138. The molecule has 0 radical (unpaired) electrons. The normalized spacial score (nSPS) is 14.2. The average molecular weight is 428 g/mol. The van der Waals surface area contributed by atoms with Gasteiger partial charge in [0.15, 0.2) is 0 Å². The number of halogens is 4. The number of hydrogen-bond donors (Lipinski definition) is 2. The summed E-state index contributed by atoms with van der Waals surface area (Å²) in [6.07, 6.45) is -3.49. The number of pyridine rings is 1. The number of hydrogen-bond acceptors (Lipinski definition) is 6. The third-order valence-electron chi connectivity index (χ3n) is 3.79. The topological polar surface area (TPSA) is 91.8 Å². The number of aliphatic hydroxyl groups excluding tert-OH is 1. The van der Waals surface area contributed by atoms with Crippen molar-refractivity contribution in [2.24, 2.45) is 0 Å². The molecule has 1 aromatic carbocycles. The van der Waals surface area contributed by atoms with E-state index in [0.29, 0.717) is 11.8 Å². The monoisotopic (exact) mass is 427 g/mol. The van der Waals surface area contributed by atoms with E-state index in [2.05, 4.69) is 10.3 Å². The number of carbonyl (C=O) groups is 2. The van der Waals surface area contributed by atoms with Gasteiger partial charge in [-0.2, -0.15) is 13.2 Å². The number of aromatic nitrogens is 1. The molecule has 7 nitrogen and oxygen atoms in total. The number of aliphatic hydroxyl groups is 1. The number of β-amino-alcohol motifs (C(OH)–C–C–N with tert-alkyl or cyclic N) is 1. The van der Waals surface area contributed by atoms with E-state index >= 15 is 0 Å². The van der Waals surface area contributed by atoms with E-state index in [1.54, 1.807) is 0 Å². The number of nitrogens with zero attached hydrogens (tertiary/aromatic N) is 2. The fourth-order valence-electron chi connectivity index (χ4n) is 2.48. The van der Waals surface area contributed by atoms with Crippen molar-refractivity contribution in [3.63, 3.8) is 0 Å². The molecule has 0 spiro atoms. The fourth-order valence-corrected chi connectivity index (χ4v) is 2.68. The van der Waals surface area contributed by atoms with Gasteiger partial charge in [-0.05, 0) is 30.3 Å². The van der Waals surface area contributed by atoms with Crippen LogP contribution in [0.15, 0.2) is 48.2 Å². The van der Waals surface area contributed by atoms with Crippen LogP contribution in [-0.2, 0) is 15.8 Å². The van der Waals surface area contributed by atoms with Crippen LogP contribution in [0.25, 0.3) is 0 Å². The zero-order valence-electron chi connectivity index (χ0n) is 14.5. The molecular weight excluding hydrogens is 415 g/mol. The summed E-state index contributed by atoms with van der Waals surface area (Å²) in [6.45, 7) is -0.461. The van der Waals surface area contributed by atoms with Gasteiger partial charge < -0.3 is 15.2 Å². The van der Waals surface area contributed by atoms with E-state index in [1.807, 2.05) is 0 Å². The van der Waals surface area contributed by atoms with Crippen LogP contribution in [0.3, 0.4) is 0 Å². The van der Waals surface area contributed by atoms with Crippen molar-refractivity contribution in [1.29, 1.82) is 0 Å². The van der Waals surface area contributed by atoms with Gasteiger partial charge in [0, 0.05) is 17.8 Å². The molecule has 2 N–H and O–H groups in total. The van der Waals surface area contributed by atoms with Crippen LogP contribution in [0, 0.1) is 0 Å². The largest absolute Gasteiger partial charge is 0.439 e. The van der Waals surface area contributed by atoms with Crippen molar-refractivity contribution in [2.45, 2.75) is 6.18 Å². The van der Waals surface area contributed by atoms with Crippen molar-refractivity contribution in [3.8, 4) is 11.6 Å². The molecule has 0 aliphatic carbocycles. The highest BCUT2D eigenvalue weighted by atomic mass is 35.5. The summed E-state index contributed by atoms with van der Waals surface area (Å²) in [7, 11) is 0. The second-order valence-electron chi connectivity index (χ2n) is 5.84. The molecular formula is C18H13ClF3N3O4. The van der Waals surface area contributed by atoms with Crippen molar-refractivity contribution in [3.05, 3.63) is 58.9 Å². The van der Waals surface area contributed by atoms with E-state index in [9.17, 15) is 22.8 Å². The number of imide groups is 1. The Bertz CT molecular complexity index is 977. The zero-order chi connectivity index (χ0) is 21.2. The van der Waals surface area contributed by atoms with Crippen LogP contribution in [0.5, 0.6) is 11.6 Å². The molecule has 1 aliphatic rings. The third-order valence-corrected chi connectivity index (χ3v) is 3.98. The molecule has 0 atom stereocenters. The number of carbonyl (C=O) groups excluding carboxylic acids is 2. The van der Waals surface area contributed by atoms with Gasteiger partial charge in [0.1, 0.15) is 16.6 Å². The molecule has 0 fully saturated rings. The summed E-state index contributed by atoms with van der Waals surface area (Å²) in [5.74, 6) is -1.27. The highest BCUT2D eigenvalue weighted by molar-refractivity contribution is 6.29. The van der Waals surface area contributed by atoms with Gasteiger partial charge in [0.25, 0.3) is 11.8 Å². The second kappa shape index (κ2) is 8.10. The minimum absolute atomic E-state index is 0.0310. The van der Waals surface area contributed by atoms with Gasteiger partial charge in [0.2, 0.25) is 5.88 Å². The molecule has 29 heavy (non-hydrogen) atoms. The average Bonchev–Trinajstić information content (AvgIpc) is 2.90. The number of amides is 2. The molecule has 152 valence electrons. The summed E-state index contributed by atoms with van der Waals surface area (Å²) in [5, 5.41) is 11.3. The van der Waals surface area contributed by atoms with Crippen molar-refractivity contribution < 1.29 is 32.6 Å². The summed E-state index contributed by atoms with van der Waals surface area (Å²) in [5.41, 5.74) is -0.524. The second-order valence-corrected chi connectivity index (χ2v) is 6.23. The van der Waals surface area contributed by atoms with Gasteiger partial charge in [-0.15, -0.1) is 0 Å². The van der Waals surface area contributed by atoms with Crippen LogP contribution in [0.2, 0.25) is 5.15 Å². The molecule has 2 amide bonds. The van der Waals surface area contributed by atoms with Gasteiger partial charge in [-0.3, -0.25) is 14.5 Å². The van der Waals surface area contributed by atoms with E-state index < -0.39 is 23.6 Å². The third kappa shape index (κ3) is 4.84. The Morgan fingerprint density at radius 1 is 1.17 bits per heavy atom. The molecule has 3 rings (SSSR count). The Morgan fingerprint density at radius 3 is 2.48 bits per heavy atom. The van der Waals surface area contributed by atoms with Crippen LogP contribution in [0.4, 0.5) is 18.9 Å². The SMILES string of the molecule is O=C1C=C(Nc2ccc(Oc3cc(C(F)(F)F)cc(Cl)n3)cc2)C(=O)N1CCO. The maximum absolute atomic E-state index is 12.8. The van der Waals surface area contributed by atoms with Crippen LogP contribution < -0.4 is 10.1 Å². The van der Waals surface area contributed by atoms with Gasteiger partial charge >= 0.3 is 6.18 Å². The standard InChI is InChI=1S/C18H13ClF3N3O4/c19-14-7-10(18(20,21)22)8-15(24-14)29-12-3-1-11(2-4-12)23-13-9-16(27)25(5-6-26)17(13)28/h1-4,7-9,23,26H,5-6H2. The summed E-state index contributed by atoms with van der Waals surface area (Å²) >= 11 is 5.62. The Labute approximate surface area is 167 Å². The molecule has 1 aliphatic heterocycles. The van der Waals surface area contributed by atoms with E-state index in [0.717, 1.165) is 17.0 Å². The van der Waals surface area contributed by atoms with Crippen LogP contribution >= 0.6 is 11.6 Å². The highest BCUT2D eigenvalue weighted by Crippen LogP contribution is 2.34. The minimum Gasteiger partial charge on any atom is -0.439 e. The number of ether oxygens (including phenoxy) is 1. The Morgan fingerprint density at radius 2 is 1.86 bits per heavy atom. The van der Waals surface area contributed by atoms with Crippen LogP contribution in [0.1, 0.15) is 5.56 Å². The molecule has 2 heterocycles. The molecule has 11 heteroatoms. The first-order valence-corrected chi connectivity index (χ1v) is 8.53. The zero-order valence-corrected chi connectivity index (χ0v) is 15.3. The molecule has 0 saturated heterocycles. The molecule has 0 unspecified atom stereocenters. The quantitative estimate of drug-likeness (QED) is 0.543. The predicted molar refractivity (Wildman–Crippen MR) is 96.3 cm³/mol. The van der Waals surface area contributed by atoms with Crippen molar-refractivity contribution in [1.82, 2.24) is 9.88 Å². The molecule has 2 aromatic rings. The summed E-state index contributed by atoms with van der Waals surface area (Å²) in [6, 6.07) is 7.28. The Balaban J connectivity index is 1.70. The molecule has 0 saturated carbocycles. The highest BCUT2D eigenvalue weighted by Gasteiger charge is 2.32. The van der Waals surface area contributed by atoms with Gasteiger partial charge in [-0.25, -0.2) is 4.98 Å². The fraction of sp³-hybridized carbons (Fsp3) is 0.167. The lowest BCUT2D eigenvalue weighted by Gasteiger charge is -2.13. The van der Waals surface area contributed by atoms with E-state index in [1.165, 1.54) is 24.3 Å². The first-order valence-electron chi connectivity index (χ1n) is 8.15. The first-order chi connectivity index (χ1) is 13.7. The van der Waals surface area contributed by atoms with E-state index in [-0.39, 0.29) is 35.6 Å². The Kier molecular flexibility index (Phi) is 5.76. The van der Waals surface area contributed by atoms with Gasteiger partial charge in [-0.1, -0.05) is 11.6 Å². The number of benzene rings is 1. The van der Waals surface area contributed by atoms with Crippen molar-refractivity contribution in [2.75, 3.05) is 18.5 Å². The maximum atomic E-state index is 12.8. The first kappa shape index (κ1) is 20.6. The van der Waals surface area contributed by atoms with Crippen LogP contribution in [-0.4, -0.2) is 40.0 Å². The predicted octanol–water partition coefficient (Wildman–Crippen LogP) is 3.20.